The second-order valence-electron chi connectivity index (χ2n) is 6.56. The van der Waals surface area contributed by atoms with Gasteiger partial charge in [-0.05, 0) is 45.4 Å². The molecule has 1 unspecified atom stereocenters. The van der Waals surface area contributed by atoms with Crippen LogP contribution in [0, 0.1) is 13.8 Å². The third-order valence-corrected chi connectivity index (χ3v) is 6.72. The summed E-state index contributed by atoms with van der Waals surface area (Å²) in [6, 6.07) is 6.85. The number of aromatic nitrogens is 2. The molecule has 0 bridgehead atoms. The van der Waals surface area contributed by atoms with E-state index in [0.717, 1.165) is 15.3 Å². The van der Waals surface area contributed by atoms with Gasteiger partial charge in [0.15, 0.2) is 5.78 Å². The molecule has 0 aliphatic rings. The van der Waals surface area contributed by atoms with E-state index in [1.54, 1.807) is 31.2 Å². The maximum absolute atomic E-state index is 12.4. The smallest absolute Gasteiger partial charge is 0.259 e. The molecule has 2 aromatic heterocycles. The minimum atomic E-state index is -0.353. The van der Waals surface area contributed by atoms with E-state index in [-0.39, 0.29) is 22.5 Å². The molecule has 2 heterocycles. The summed E-state index contributed by atoms with van der Waals surface area (Å²) in [5.74, 6) is 0.755. The van der Waals surface area contributed by atoms with Crippen LogP contribution in [-0.4, -0.2) is 26.9 Å². The number of benzene rings is 1. The molecule has 0 aliphatic heterocycles. The second kappa shape index (κ2) is 8.28. The Morgan fingerprint density at radius 3 is 2.79 bits per heavy atom. The van der Waals surface area contributed by atoms with Gasteiger partial charge in [0.2, 0.25) is 5.91 Å². The number of aromatic amines is 1. The summed E-state index contributed by atoms with van der Waals surface area (Å²) in [5.41, 5.74) is 1.96. The third-order valence-electron chi connectivity index (χ3n) is 4.46. The lowest BCUT2D eigenvalue weighted by molar-refractivity contribution is -0.115. The van der Waals surface area contributed by atoms with Crippen LogP contribution in [0.4, 0.5) is 5.69 Å². The maximum atomic E-state index is 12.4. The summed E-state index contributed by atoms with van der Waals surface area (Å²) in [7, 11) is 0. The number of fused-ring (bicyclic) bond motifs is 1. The summed E-state index contributed by atoms with van der Waals surface area (Å²) in [6.45, 7) is 7.18. The number of hydrogen-bond donors (Lipinski definition) is 2. The van der Waals surface area contributed by atoms with Gasteiger partial charge >= 0.3 is 0 Å². The molecule has 28 heavy (non-hydrogen) atoms. The first-order chi connectivity index (χ1) is 13.3. The van der Waals surface area contributed by atoms with Crippen molar-refractivity contribution >= 4 is 50.7 Å². The van der Waals surface area contributed by atoms with Crippen LogP contribution < -0.4 is 10.9 Å². The predicted molar refractivity (Wildman–Crippen MR) is 116 cm³/mol. The van der Waals surface area contributed by atoms with Crippen LogP contribution in [-0.2, 0) is 10.5 Å². The van der Waals surface area contributed by atoms with E-state index < -0.39 is 0 Å². The summed E-state index contributed by atoms with van der Waals surface area (Å²) in [4.78, 5) is 45.4. The minimum Gasteiger partial charge on any atom is -0.325 e. The first-order valence-electron chi connectivity index (χ1n) is 8.78. The Hall–Kier alpha value is -2.45. The van der Waals surface area contributed by atoms with Crippen molar-refractivity contribution in [1.29, 1.82) is 0 Å². The van der Waals surface area contributed by atoms with E-state index in [9.17, 15) is 14.4 Å². The number of ketones is 1. The maximum Gasteiger partial charge on any atom is 0.259 e. The van der Waals surface area contributed by atoms with Crippen molar-refractivity contribution in [3.63, 3.8) is 0 Å². The number of nitrogens with one attached hydrogen (secondary N) is 2. The van der Waals surface area contributed by atoms with Crippen LogP contribution >= 0.6 is 23.1 Å². The van der Waals surface area contributed by atoms with Crippen LogP contribution in [0.25, 0.3) is 10.2 Å². The molecule has 0 saturated carbocycles. The molecule has 0 saturated heterocycles. The number of carbonyl (C=O) groups is 2. The van der Waals surface area contributed by atoms with Gasteiger partial charge in [0.25, 0.3) is 5.56 Å². The van der Waals surface area contributed by atoms with E-state index in [0.29, 0.717) is 28.2 Å². The van der Waals surface area contributed by atoms with Crippen LogP contribution in [0.15, 0.2) is 29.1 Å². The monoisotopic (exact) mass is 415 g/mol. The van der Waals surface area contributed by atoms with Crippen LogP contribution in [0.5, 0.6) is 0 Å². The van der Waals surface area contributed by atoms with Crippen molar-refractivity contribution in [1.82, 2.24) is 9.97 Å². The van der Waals surface area contributed by atoms with E-state index >= 15 is 0 Å². The fraction of sp³-hybridized carbons (Fsp3) is 0.300. The Kier molecular flexibility index (Phi) is 6.00. The number of H-pyrrole nitrogens is 1. The first-order valence-corrected chi connectivity index (χ1v) is 10.6. The number of carbonyl (C=O) groups excluding carboxylic acids is 2. The van der Waals surface area contributed by atoms with E-state index in [4.69, 9.17) is 0 Å². The number of thioether (sulfide) groups is 1. The van der Waals surface area contributed by atoms with Gasteiger partial charge in [-0.3, -0.25) is 14.4 Å². The zero-order valence-electron chi connectivity index (χ0n) is 16.1. The van der Waals surface area contributed by atoms with Gasteiger partial charge in [-0.1, -0.05) is 12.1 Å². The molecule has 146 valence electrons. The highest BCUT2D eigenvalue weighted by molar-refractivity contribution is 7.99. The summed E-state index contributed by atoms with van der Waals surface area (Å²) in [5, 5.41) is 3.12. The Morgan fingerprint density at radius 1 is 1.32 bits per heavy atom. The number of thiophene rings is 1. The molecule has 1 aromatic carbocycles. The molecule has 1 amide bonds. The molecule has 0 spiro atoms. The largest absolute Gasteiger partial charge is 0.325 e. The van der Waals surface area contributed by atoms with Crippen LogP contribution in [0.1, 0.15) is 40.5 Å². The second-order valence-corrected chi connectivity index (χ2v) is 9.09. The number of nitrogens with zero attached hydrogens (tertiary/aromatic N) is 1. The number of anilines is 1. The molecular formula is C20H21N3O3S2. The lowest BCUT2D eigenvalue weighted by Crippen LogP contribution is -2.23. The van der Waals surface area contributed by atoms with Gasteiger partial charge in [-0.2, -0.15) is 0 Å². The Bertz CT molecular complexity index is 1120. The average Bonchev–Trinajstić information content (AvgIpc) is 2.94. The summed E-state index contributed by atoms with van der Waals surface area (Å²) < 4.78 is 0. The van der Waals surface area contributed by atoms with Gasteiger partial charge in [0.1, 0.15) is 10.7 Å². The zero-order valence-corrected chi connectivity index (χ0v) is 17.7. The normalized spacial score (nSPS) is 12.1. The van der Waals surface area contributed by atoms with Crippen molar-refractivity contribution < 1.29 is 9.59 Å². The van der Waals surface area contributed by atoms with E-state index in [1.807, 2.05) is 13.8 Å². The standard InChI is InChI=1S/C20H21N3O3S2/c1-10-12(3)28-20-17(10)19(26)22-16(23-20)9-27-13(4)18(25)21-15-7-5-6-14(8-15)11(2)24/h5-8,13H,9H2,1-4H3,(H,21,25)(H,22,23,26). The topological polar surface area (TPSA) is 91.9 Å². The van der Waals surface area contributed by atoms with E-state index in [1.165, 1.54) is 30.0 Å². The number of aryl methyl sites for hydroxylation is 2. The lowest BCUT2D eigenvalue weighted by atomic mass is 10.1. The summed E-state index contributed by atoms with van der Waals surface area (Å²) in [6.07, 6.45) is 0. The highest BCUT2D eigenvalue weighted by Gasteiger charge is 2.16. The lowest BCUT2D eigenvalue weighted by Gasteiger charge is -2.12. The quantitative estimate of drug-likeness (QED) is 0.592. The molecule has 6 nitrogen and oxygen atoms in total. The SMILES string of the molecule is CC(=O)c1cccc(NC(=O)C(C)SCc2nc3sc(C)c(C)c3c(=O)[nH]2)c1. The molecule has 0 radical (unpaired) electrons. The average molecular weight is 416 g/mol. The number of amides is 1. The molecule has 2 N–H and O–H groups in total. The van der Waals surface area contributed by atoms with Gasteiger partial charge in [-0.25, -0.2) is 4.98 Å². The fourth-order valence-corrected chi connectivity index (χ4v) is 4.51. The molecule has 1 atom stereocenters. The highest BCUT2D eigenvalue weighted by Crippen LogP contribution is 2.26. The zero-order chi connectivity index (χ0) is 20.4. The Labute approximate surface area is 170 Å². The van der Waals surface area contributed by atoms with Crippen LogP contribution in [0.2, 0.25) is 0 Å². The summed E-state index contributed by atoms with van der Waals surface area (Å²) >= 11 is 2.89. The predicted octanol–water partition coefficient (Wildman–Crippen LogP) is 4.06. The third kappa shape index (κ3) is 4.34. The highest BCUT2D eigenvalue weighted by atomic mass is 32.2. The molecule has 8 heteroatoms. The number of Topliss-reactive ketones (excluding diaryl/α,β-unsaturated/α-hetero) is 1. The van der Waals surface area contributed by atoms with Crippen molar-refractivity contribution in [2.75, 3.05) is 5.32 Å². The Morgan fingerprint density at radius 2 is 2.07 bits per heavy atom. The van der Waals surface area contributed by atoms with Crippen molar-refractivity contribution in [3.8, 4) is 0 Å². The van der Waals surface area contributed by atoms with Crippen molar-refractivity contribution in [2.24, 2.45) is 0 Å². The van der Waals surface area contributed by atoms with Gasteiger partial charge in [0, 0.05) is 16.1 Å². The van der Waals surface area contributed by atoms with Gasteiger partial charge in [0.05, 0.1) is 16.4 Å². The van der Waals surface area contributed by atoms with Gasteiger partial charge in [-0.15, -0.1) is 23.1 Å². The Balaban J connectivity index is 1.66. The molecular weight excluding hydrogens is 394 g/mol. The molecule has 3 rings (SSSR count). The van der Waals surface area contributed by atoms with Crippen LogP contribution in [0.3, 0.4) is 0 Å². The van der Waals surface area contributed by atoms with E-state index in [2.05, 4.69) is 15.3 Å². The van der Waals surface area contributed by atoms with Crippen molar-refractivity contribution in [3.05, 3.63) is 56.4 Å². The molecule has 3 aromatic rings. The van der Waals surface area contributed by atoms with Crippen molar-refractivity contribution in [2.45, 2.75) is 38.7 Å². The fourth-order valence-electron chi connectivity index (χ4n) is 2.71. The number of hydrogen-bond acceptors (Lipinski definition) is 6. The van der Waals surface area contributed by atoms with Gasteiger partial charge < -0.3 is 10.3 Å². The molecule has 0 fully saturated rings. The minimum absolute atomic E-state index is 0.0528. The molecule has 0 aliphatic carbocycles. The first kappa shape index (κ1) is 20.3. The number of rotatable bonds is 6.